The van der Waals surface area contributed by atoms with Crippen molar-refractivity contribution in [2.75, 3.05) is 17.6 Å². The first kappa shape index (κ1) is 10.7. The van der Waals surface area contributed by atoms with Gasteiger partial charge in [-0.05, 0) is 13.8 Å². The second-order valence-electron chi connectivity index (χ2n) is 3.60. The van der Waals surface area contributed by atoms with E-state index in [1.807, 2.05) is 0 Å². The smallest absolute Gasteiger partial charge is 0.0818 e. The van der Waals surface area contributed by atoms with Crippen molar-refractivity contribution in [3.05, 3.63) is 0 Å². The van der Waals surface area contributed by atoms with Gasteiger partial charge in [0.15, 0.2) is 0 Å². The van der Waals surface area contributed by atoms with Crippen LogP contribution in [0.2, 0.25) is 0 Å². The molecule has 1 fully saturated rings. The first-order valence-corrected chi connectivity index (χ1v) is 6.03. The van der Waals surface area contributed by atoms with E-state index in [0.717, 1.165) is 30.5 Å². The molecule has 0 aromatic rings. The van der Waals surface area contributed by atoms with Crippen LogP contribution in [0.15, 0.2) is 0 Å². The Hall–Kier alpha value is 0.650. The van der Waals surface area contributed by atoms with Crippen LogP contribution < -0.4 is 0 Å². The molecule has 1 aliphatic heterocycles. The third-order valence-electron chi connectivity index (χ3n) is 2.13. The van der Waals surface area contributed by atoms with Gasteiger partial charge in [-0.2, -0.15) is 0 Å². The van der Waals surface area contributed by atoms with E-state index in [-0.39, 0.29) is 5.60 Å². The molecule has 0 spiro atoms. The van der Waals surface area contributed by atoms with Crippen molar-refractivity contribution in [1.29, 1.82) is 0 Å². The maximum Gasteiger partial charge on any atom is 0.0818 e. The lowest BCUT2D eigenvalue weighted by molar-refractivity contribution is -0.118. The van der Waals surface area contributed by atoms with E-state index in [0.29, 0.717) is 6.10 Å². The summed E-state index contributed by atoms with van der Waals surface area (Å²) in [4.78, 5) is 0. The zero-order valence-corrected chi connectivity index (χ0v) is 9.96. The van der Waals surface area contributed by atoms with Crippen LogP contribution in [0.5, 0.6) is 0 Å². The van der Waals surface area contributed by atoms with Gasteiger partial charge in [-0.15, -0.1) is 0 Å². The summed E-state index contributed by atoms with van der Waals surface area (Å²) in [6.45, 7) is 5.92. The molecule has 3 heteroatoms. The Labute approximate surface area is 88.1 Å². The highest BCUT2D eigenvalue weighted by molar-refractivity contribution is 14.1. The monoisotopic (exact) mass is 284 g/mol. The highest BCUT2D eigenvalue weighted by Crippen LogP contribution is 2.28. The van der Waals surface area contributed by atoms with Crippen LogP contribution in [0, 0.1) is 0 Å². The molecule has 0 aromatic carbocycles. The molecule has 1 saturated heterocycles. The van der Waals surface area contributed by atoms with Gasteiger partial charge in [-0.3, -0.25) is 0 Å². The van der Waals surface area contributed by atoms with Crippen LogP contribution in [-0.4, -0.2) is 29.3 Å². The molecule has 0 bridgehead atoms. The average molecular weight is 284 g/mol. The molecule has 0 saturated carbocycles. The highest BCUT2D eigenvalue weighted by atomic mass is 127. The lowest BCUT2D eigenvalue weighted by Crippen LogP contribution is -2.42. The molecule has 0 aromatic heterocycles. The summed E-state index contributed by atoms with van der Waals surface area (Å²) in [6, 6.07) is 0. The Kier molecular flexibility index (Phi) is 4.26. The number of rotatable bonds is 3. The van der Waals surface area contributed by atoms with Gasteiger partial charge < -0.3 is 9.47 Å². The normalized spacial score (nSPS) is 23.0. The zero-order valence-electron chi connectivity index (χ0n) is 7.81. The van der Waals surface area contributed by atoms with Crippen molar-refractivity contribution >= 4 is 22.6 Å². The van der Waals surface area contributed by atoms with E-state index in [9.17, 15) is 0 Å². The van der Waals surface area contributed by atoms with Crippen LogP contribution in [0.25, 0.3) is 0 Å². The average Bonchev–Trinajstić information content (AvgIpc) is 2.05. The quantitative estimate of drug-likeness (QED) is 0.585. The lowest BCUT2D eigenvalue weighted by atomic mass is 9.96. The van der Waals surface area contributed by atoms with E-state index in [1.54, 1.807) is 0 Å². The second kappa shape index (κ2) is 4.77. The lowest BCUT2D eigenvalue weighted by Gasteiger charge is -2.37. The Bertz CT molecular complexity index is 130. The van der Waals surface area contributed by atoms with E-state index in [2.05, 4.69) is 36.4 Å². The molecule has 1 rings (SSSR count). The minimum Gasteiger partial charge on any atom is -0.381 e. The van der Waals surface area contributed by atoms with Crippen LogP contribution in [0.1, 0.15) is 26.7 Å². The molecule has 12 heavy (non-hydrogen) atoms. The van der Waals surface area contributed by atoms with Crippen molar-refractivity contribution in [3.8, 4) is 0 Å². The summed E-state index contributed by atoms with van der Waals surface area (Å²) in [5, 5.41) is 0. The summed E-state index contributed by atoms with van der Waals surface area (Å²) >= 11 is 2.41. The van der Waals surface area contributed by atoms with Gasteiger partial charge in [-0.25, -0.2) is 0 Å². The van der Waals surface area contributed by atoms with Crippen LogP contribution in [-0.2, 0) is 9.47 Å². The minimum absolute atomic E-state index is 0.104. The van der Waals surface area contributed by atoms with Crippen LogP contribution in [0.3, 0.4) is 0 Å². The van der Waals surface area contributed by atoms with Gasteiger partial charge in [0.1, 0.15) is 0 Å². The molecule has 0 radical (unpaired) electrons. The van der Waals surface area contributed by atoms with E-state index in [4.69, 9.17) is 9.47 Å². The zero-order chi connectivity index (χ0) is 9.03. The van der Waals surface area contributed by atoms with Crippen molar-refractivity contribution in [2.24, 2.45) is 0 Å². The molecular weight excluding hydrogens is 267 g/mol. The number of hydrogen-bond acceptors (Lipinski definition) is 2. The predicted octanol–water partition coefficient (Wildman–Crippen LogP) is 2.40. The molecule has 0 aliphatic carbocycles. The summed E-state index contributed by atoms with van der Waals surface area (Å²) in [5.41, 5.74) is 0.104. The SMILES string of the molecule is CC(C)OC1(CI)CCOCC1. The van der Waals surface area contributed by atoms with Crippen LogP contribution >= 0.6 is 22.6 Å². The molecular formula is C9H17IO2. The van der Waals surface area contributed by atoms with Crippen molar-refractivity contribution in [2.45, 2.75) is 38.4 Å². The van der Waals surface area contributed by atoms with E-state index in [1.165, 1.54) is 0 Å². The van der Waals surface area contributed by atoms with Gasteiger partial charge in [0.25, 0.3) is 0 Å². The third kappa shape index (κ3) is 2.85. The van der Waals surface area contributed by atoms with Gasteiger partial charge >= 0.3 is 0 Å². The molecule has 1 aliphatic rings. The molecule has 0 atom stereocenters. The Morgan fingerprint density at radius 3 is 2.42 bits per heavy atom. The van der Waals surface area contributed by atoms with E-state index >= 15 is 0 Å². The predicted molar refractivity (Wildman–Crippen MR) is 57.9 cm³/mol. The fourth-order valence-electron chi connectivity index (χ4n) is 1.53. The molecule has 0 unspecified atom stereocenters. The van der Waals surface area contributed by atoms with Gasteiger partial charge in [0.05, 0.1) is 11.7 Å². The summed E-state index contributed by atoms with van der Waals surface area (Å²) in [6.07, 6.45) is 2.43. The fourth-order valence-corrected chi connectivity index (χ4v) is 2.47. The molecule has 1 heterocycles. The first-order chi connectivity index (χ1) is 5.68. The third-order valence-corrected chi connectivity index (χ3v) is 3.52. The molecule has 0 N–H and O–H groups in total. The topological polar surface area (TPSA) is 18.5 Å². The summed E-state index contributed by atoms with van der Waals surface area (Å²) in [5.74, 6) is 0. The minimum atomic E-state index is 0.104. The maximum absolute atomic E-state index is 5.94. The van der Waals surface area contributed by atoms with Crippen LogP contribution in [0.4, 0.5) is 0 Å². The van der Waals surface area contributed by atoms with Gasteiger partial charge in [-0.1, -0.05) is 22.6 Å². The number of alkyl halides is 1. The number of hydrogen-bond donors (Lipinski definition) is 0. The molecule has 2 nitrogen and oxygen atoms in total. The Morgan fingerprint density at radius 2 is 2.00 bits per heavy atom. The van der Waals surface area contributed by atoms with Crippen molar-refractivity contribution < 1.29 is 9.47 Å². The second-order valence-corrected chi connectivity index (χ2v) is 4.36. The number of halogens is 1. The molecule has 72 valence electrons. The fraction of sp³-hybridized carbons (Fsp3) is 1.00. The standard InChI is InChI=1S/C9H17IO2/c1-8(2)12-9(7-10)3-5-11-6-4-9/h8H,3-7H2,1-2H3. The maximum atomic E-state index is 5.94. The van der Waals surface area contributed by atoms with E-state index < -0.39 is 0 Å². The summed E-state index contributed by atoms with van der Waals surface area (Å²) < 4.78 is 12.3. The largest absolute Gasteiger partial charge is 0.381 e. The Morgan fingerprint density at radius 1 is 1.42 bits per heavy atom. The number of ether oxygens (including phenoxy) is 2. The Balaban J connectivity index is 2.48. The summed E-state index contributed by atoms with van der Waals surface area (Å²) in [7, 11) is 0. The highest BCUT2D eigenvalue weighted by Gasteiger charge is 2.33. The van der Waals surface area contributed by atoms with Gasteiger partial charge in [0.2, 0.25) is 0 Å². The van der Waals surface area contributed by atoms with Crippen molar-refractivity contribution in [3.63, 3.8) is 0 Å². The first-order valence-electron chi connectivity index (χ1n) is 4.50. The van der Waals surface area contributed by atoms with Gasteiger partial charge in [0, 0.05) is 30.5 Å². The van der Waals surface area contributed by atoms with Crippen molar-refractivity contribution in [1.82, 2.24) is 0 Å². The molecule has 0 amide bonds.